The fourth-order valence-corrected chi connectivity index (χ4v) is 3.10. The van der Waals surface area contributed by atoms with E-state index in [9.17, 15) is 18.0 Å². The lowest BCUT2D eigenvalue weighted by Crippen LogP contribution is -2.36. The third-order valence-corrected chi connectivity index (χ3v) is 4.55. The summed E-state index contributed by atoms with van der Waals surface area (Å²) in [5.74, 6) is -0.186. The molecule has 0 atom stereocenters. The SMILES string of the molecule is O=C(CN1CCCN(C2CC2)CC1)Nc1ccc(C(F)(F)F)cc1. The maximum atomic E-state index is 12.5. The first-order valence-electron chi connectivity index (χ1n) is 8.35. The predicted octanol–water partition coefficient (Wildman–Crippen LogP) is 2.81. The van der Waals surface area contributed by atoms with Crippen molar-refractivity contribution >= 4 is 11.6 Å². The van der Waals surface area contributed by atoms with Crippen molar-refractivity contribution in [2.45, 2.75) is 31.5 Å². The minimum Gasteiger partial charge on any atom is -0.325 e. The summed E-state index contributed by atoms with van der Waals surface area (Å²) in [5, 5.41) is 2.67. The van der Waals surface area contributed by atoms with Gasteiger partial charge in [0.25, 0.3) is 0 Å². The van der Waals surface area contributed by atoms with E-state index in [0.29, 0.717) is 5.69 Å². The Balaban J connectivity index is 1.48. The van der Waals surface area contributed by atoms with Crippen LogP contribution in [0.3, 0.4) is 0 Å². The second-order valence-corrected chi connectivity index (χ2v) is 6.52. The van der Waals surface area contributed by atoms with Crippen LogP contribution in [0.15, 0.2) is 24.3 Å². The smallest absolute Gasteiger partial charge is 0.325 e. The van der Waals surface area contributed by atoms with Crippen molar-refractivity contribution in [2.75, 3.05) is 38.0 Å². The average Bonchev–Trinajstić information content (AvgIpc) is 3.33. The maximum absolute atomic E-state index is 12.5. The zero-order valence-electron chi connectivity index (χ0n) is 13.5. The Hall–Kier alpha value is -1.60. The molecular weight excluding hydrogens is 319 g/mol. The van der Waals surface area contributed by atoms with Crippen LogP contribution >= 0.6 is 0 Å². The van der Waals surface area contributed by atoms with Crippen LogP contribution in [-0.4, -0.2) is 54.5 Å². The molecule has 0 radical (unpaired) electrons. The summed E-state index contributed by atoms with van der Waals surface area (Å²) >= 11 is 0. The Kier molecular flexibility index (Phi) is 5.10. The largest absolute Gasteiger partial charge is 0.416 e. The summed E-state index contributed by atoms with van der Waals surface area (Å²) in [6.07, 6.45) is -0.741. The summed E-state index contributed by atoms with van der Waals surface area (Å²) in [7, 11) is 0. The molecule has 7 heteroatoms. The van der Waals surface area contributed by atoms with Crippen LogP contribution in [0.4, 0.5) is 18.9 Å². The van der Waals surface area contributed by atoms with Gasteiger partial charge >= 0.3 is 6.18 Å². The zero-order chi connectivity index (χ0) is 17.2. The molecular formula is C17H22F3N3O. The summed E-state index contributed by atoms with van der Waals surface area (Å²) < 4.78 is 37.6. The Bertz CT molecular complexity index is 569. The number of nitrogens with one attached hydrogen (secondary N) is 1. The summed E-state index contributed by atoms with van der Waals surface area (Å²) in [6, 6.07) is 5.28. The Morgan fingerprint density at radius 2 is 1.79 bits per heavy atom. The minimum absolute atomic E-state index is 0.186. The van der Waals surface area contributed by atoms with Gasteiger partial charge in [-0.3, -0.25) is 14.6 Å². The molecule has 0 bridgehead atoms. The highest BCUT2D eigenvalue weighted by atomic mass is 19.4. The third kappa shape index (κ3) is 4.70. The summed E-state index contributed by atoms with van der Waals surface area (Å²) in [6.45, 7) is 4.08. The molecule has 3 rings (SSSR count). The van der Waals surface area contributed by atoms with E-state index in [4.69, 9.17) is 0 Å². The first-order valence-corrected chi connectivity index (χ1v) is 8.35. The van der Waals surface area contributed by atoms with E-state index in [1.807, 2.05) is 0 Å². The molecule has 1 aromatic carbocycles. The molecule has 1 heterocycles. The van der Waals surface area contributed by atoms with E-state index in [2.05, 4.69) is 15.1 Å². The molecule has 0 unspecified atom stereocenters. The molecule has 1 aliphatic heterocycles. The molecule has 1 N–H and O–H groups in total. The van der Waals surface area contributed by atoms with Gasteiger partial charge in [-0.25, -0.2) is 0 Å². The number of hydrogen-bond acceptors (Lipinski definition) is 3. The van der Waals surface area contributed by atoms with Crippen molar-refractivity contribution in [3.05, 3.63) is 29.8 Å². The molecule has 2 aliphatic rings. The molecule has 1 saturated heterocycles. The zero-order valence-corrected chi connectivity index (χ0v) is 13.5. The number of nitrogens with zero attached hydrogens (tertiary/aromatic N) is 2. The van der Waals surface area contributed by atoms with Crippen LogP contribution in [0.25, 0.3) is 0 Å². The Morgan fingerprint density at radius 3 is 2.42 bits per heavy atom. The van der Waals surface area contributed by atoms with E-state index in [1.54, 1.807) is 0 Å². The van der Waals surface area contributed by atoms with E-state index in [0.717, 1.165) is 50.8 Å². The Morgan fingerprint density at radius 1 is 1.08 bits per heavy atom. The predicted molar refractivity (Wildman–Crippen MR) is 85.7 cm³/mol. The number of carbonyl (C=O) groups is 1. The minimum atomic E-state index is -4.36. The maximum Gasteiger partial charge on any atom is 0.416 e. The van der Waals surface area contributed by atoms with Gasteiger partial charge in [-0.2, -0.15) is 13.2 Å². The van der Waals surface area contributed by atoms with Gasteiger partial charge in [0.15, 0.2) is 0 Å². The van der Waals surface area contributed by atoms with Gasteiger partial charge in [0.2, 0.25) is 5.91 Å². The lowest BCUT2D eigenvalue weighted by molar-refractivity contribution is -0.137. The standard InChI is InChI=1S/C17H22F3N3O/c18-17(19,20)13-2-4-14(5-3-13)21-16(24)12-22-8-1-9-23(11-10-22)15-6-7-15/h2-5,15H,1,6-12H2,(H,21,24). The number of benzene rings is 1. The number of amides is 1. The number of alkyl halides is 3. The number of halogens is 3. The molecule has 24 heavy (non-hydrogen) atoms. The third-order valence-electron chi connectivity index (χ3n) is 4.55. The van der Waals surface area contributed by atoms with Gasteiger partial charge in [0.05, 0.1) is 12.1 Å². The van der Waals surface area contributed by atoms with Crippen molar-refractivity contribution in [2.24, 2.45) is 0 Å². The molecule has 1 saturated carbocycles. The molecule has 132 valence electrons. The van der Waals surface area contributed by atoms with Crippen LogP contribution in [0.5, 0.6) is 0 Å². The number of rotatable bonds is 4. The topological polar surface area (TPSA) is 35.6 Å². The Labute approximate surface area is 139 Å². The highest BCUT2D eigenvalue weighted by molar-refractivity contribution is 5.92. The monoisotopic (exact) mass is 341 g/mol. The number of anilines is 1. The molecule has 4 nitrogen and oxygen atoms in total. The van der Waals surface area contributed by atoms with Gasteiger partial charge in [-0.15, -0.1) is 0 Å². The van der Waals surface area contributed by atoms with Gasteiger partial charge in [0, 0.05) is 24.8 Å². The van der Waals surface area contributed by atoms with Crippen LogP contribution in [0, 0.1) is 0 Å². The fourth-order valence-electron chi connectivity index (χ4n) is 3.10. The quantitative estimate of drug-likeness (QED) is 0.915. The van der Waals surface area contributed by atoms with Crippen molar-refractivity contribution in [1.29, 1.82) is 0 Å². The molecule has 1 amide bonds. The summed E-state index contributed by atoms with van der Waals surface area (Å²) in [4.78, 5) is 16.7. The molecule has 0 spiro atoms. The van der Waals surface area contributed by atoms with E-state index in [1.165, 1.54) is 25.0 Å². The van der Waals surface area contributed by atoms with Crippen molar-refractivity contribution in [1.82, 2.24) is 9.80 Å². The first kappa shape index (κ1) is 17.2. The highest BCUT2D eigenvalue weighted by Crippen LogP contribution is 2.30. The van der Waals surface area contributed by atoms with E-state index >= 15 is 0 Å². The van der Waals surface area contributed by atoms with Crippen molar-refractivity contribution < 1.29 is 18.0 Å². The lowest BCUT2D eigenvalue weighted by Gasteiger charge is -2.21. The van der Waals surface area contributed by atoms with Crippen molar-refractivity contribution in [3.8, 4) is 0 Å². The van der Waals surface area contributed by atoms with E-state index < -0.39 is 11.7 Å². The van der Waals surface area contributed by atoms with Crippen LogP contribution in [-0.2, 0) is 11.0 Å². The molecule has 1 aliphatic carbocycles. The molecule has 1 aromatic rings. The first-order chi connectivity index (χ1) is 11.4. The van der Waals surface area contributed by atoms with E-state index in [-0.39, 0.29) is 12.5 Å². The van der Waals surface area contributed by atoms with Crippen LogP contribution in [0.1, 0.15) is 24.8 Å². The normalized spacial score (nSPS) is 20.6. The van der Waals surface area contributed by atoms with Crippen LogP contribution < -0.4 is 5.32 Å². The van der Waals surface area contributed by atoms with Gasteiger partial charge in [0.1, 0.15) is 0 Å². The fraction of sp³-hybridized carbons (Fsp3) is 0.588. The van der Waals surface area contributed by atoms with Gasteiger partial charge < -0.3 is 5.32 Å². The number of carbonyl (C=O) groups excluding carboxylic acids is 1. The molecule has 2 fully saturated rings. The van der Waals surface area contributed by atoms with Gasteiger partial charge in [-0.05, 0) is 56.6 Å². The van der Waals surface area contributed by atoms with Crippen molar-refractivity contribution in [3.63, 3.8) is 0 Å². The lowest BCUT2D eigenvalue weighted by atomic mass is 10.2. The average molecular weight is 341 g/mol. The second-order valence-electron chi connectivity index (χ2n) is 6.52. The summed E-state index contributed by atoms with van der Waals surface area (Å²) in [5.41, 5.74) is -0.324. The number of hydrogen-bond donors (Lipinski definition) is 1. The van der Waals surface area contributed by atoms with Gasteiger partial charge in [-0.1, -0.05) is 0 Å². The second kappa shape index (κ2) is 7.11. The van der Waals surface area contributed by atoms with Crippen LogP contribution in [0.2, 0.25) is 0 Å². The molecule has 0 aromatic heterocycles. The highest BCUT2D eigenvalue weighted by Gasteiger charge is 2.31.